The predicted molar refractivity (Wildman–Crippen MR) is 81.4 cm³/mol. The van der Waals surface area contributed by atoms with Crippen LogP contribution in [0.2, 0.25) is 0 Å². The highest BCUT2D eigenvalue weighted by molar-refractivity contribution is 5.43. The van der Waals surface area contributed by atoms with E-state index >= 15 is 0 Å². The molecule has 0 saturated carbocycles. The Kier molecular flexibility index (Phi) is 5.84. The third-order valence-corrected chi connectivity index (χ3v) is 3.92. The summed E-state index contributed by atoms with van der Waals surface area (Å²) in [5, 5.41) is 13.6. The van der Waals surface area contributed by atoms with Crippen LogP contribution in [0.1, 0.15) is 39.3 Å². The number of ether oxygens (including phenoxy) is 2. The van der Waals surface area contributed by atoms with Gasteiger partial charge in [0.15, 0.2) is 11.5 Å². The molecule has 0 aliphatic heterocycles. The van der Waals surface area contributed by atoms with Gasteiger partial charge in [-0.25, -0.2) is 0 Å². The van der Waals surface area contributed by atoms with Crippen molar-refractivity contribution in [3.63, 3.8) is 0 Å². The average Bonchev–Trinajstić information content (AvgIpc) is 2.43. The first kappa shape index (κ1) is 16.8. The summed E-state index contributed by atoms with van der Waals surface area (Å²) < 4.78 is 10.5. The van der Waals surface area contributed by atoms with Crippen molar-refractivity contribution >= 4 is 0 Å². The van der Waals surface area contributed by atoms with Crippen LogP contribution < -0.4 is 14.8 Å². The molecule has 114 valence electrons. The van der Waals surface area contributed by atoms with Crippen LogP contribution >= 0.6 is 0 Å². The lowest BCUT2D eigenvalue weighted by Crippen LogP contribution is -2.42. The smallest absolute Gasteiger partial charge is 0.161 e. The number of nitrogens with one attached hydrogen (secondary N) is 1. The van der Waals surface area contributed by atoms with Crippen LogP contribution in [0.4, 0.5) is 0 Å². The van der Waals surface area contributed by atoms with Gasteiger partial charge in [-0.05, 0) is 37.5 Å². The van der Waals surface area contributed by atoms with E-state index in [-0.39, 0.29) is 12.0 Å². The van der Waals surface area contributed by atoms with Crippen molar-refractivity contribution in [1.82, 2.24) is 5.32 Å². The summed E-state index contributed by atoms with van der Waals surface area (Å²) in [6.07, 6.45) is 0. The number of rotatable bonds is 7. The van der Waals surface area contributed by atoms with Gasteiger partial charge in [0.25, 0.3) is 0 Å². The van der Waals surface area contributed by atoms with Crippen molar-refractivity contribution < 1.29 is 14.6 Å². The molecule has 0 aliphatic rings. The molecule has 0 heterocycles. The number of benzene rings is 1. The number of methoxy groups -OCH3 is 2. The van der Waals surface area contributed by atoms with Crippen molar-refractivity contribution in [2.45, 2.75) is 39.3 Å². The average molecular weight is 281 g/mol. The number of hydrogen-bond donors (Lipinski definition) is 2. The Labute approximate surface area is 122 Å². The molecule has 4 heteroatoms. The molecule has 2 atom stereocenters. The molecule has 0 fully saturated rings. The van der Waals surface area contributed by atoms with Crippen molar-refractivity contribution in [2.24, 2.45) is 5.92 Å². The van der Waals surface area contributed by atoms with E-state index in [1.54, 1.807) is 14.2 Å². The lowest BCUT2D eigenvalue weighted by Gasteiger charge is -2.30. The van der Waals surface area contributed by atoms with Gasteiger partial charge in [0.1, 0.15) is 0 Å². The molecule has 0 saturated heterocycles. The fraction of sp³-hybridized carbons (Fsp3) is 0.625. The zero-order valence-electron chi connectivity index (χ0n) is 13.4. The molecule has 2 N–H and O–H groups in total. The monoisotopic (exact) mass is 281 g/mol. The van der Waals surface area contributed by atoms with E-state index in [4.69, 9.17) is 9.47 Å². The fourth-order valence-electron chi connectivity index (χ4n) is 1.80. The van der Waals surface area contributed by atoms with Gasteiger partial charge in [0.05, 0.1) is 19.8 Å². The molecular weight excluding hydrogens is 254 g/mol. The Morgan fingerprint density at radius 1 is 1.15 bits per heavy atom. The van der Waals surface area contributed by atoms with E-state index < -0.39 is 5.60 Å². The maximum Gasteiger partial charge on any atom is 0.161 e. The first-order valence-corrected chi connectivity index (χ1v) is 6.99. The second kappa shape index (κ2) is 6.95. The van der Waals surface area contributed by atoms with Crippen LogP contribution in [0.25, 0.3) is 0 Å². The molecule has 4 nitrogen and oxygen atoms in total. The van der Waals surface area contributed by atoms with Gasteiger partial charge < -0.3 is 19.9 Å². The molecular formula is C16H27NO3. The fourth-order valence-corrected chi connectivity index (χ4v) is 1.80. The van der Waals surface area contributed by atoms with Crippen molar-refractivity contribution in [1.29, 1.82) is 0 Å². The molecule has 1 aromatic carbocycles. The highest BCUT2D eigenvalue weighted by Gasteiger charge is 2.25. The third-order valence-electron chi connectivity index (χ3n) is 3.92. The molecule has 0 amide bonds. The third kappa shape index (κ3) is 4.12. The van der Waals surface area contributed by atoms with Gasteiger partial charge in [-0.1, -0.05) is 19.9 Å². The quantitative estimate of drug-likeness (QED) is 0.807. The van der Waals surface area contributed by atoms with Crippen molar-refractivity contribution in [2.75, 3.05) is 20.8 Å². The Morgan fingerprint density at radius 2 is 1.75 bits per heavy atom. The minimum Gasteiger partial charge on any atom is -0.493 e. The van der Waals surface area contributed by atoms with Gasteiger partial charge in [0.2, 0.25) is 0 Å². The molecule has 20 heavy (non-hydrogen) atoms. The molecule has 0 bridgehead atoms. The minimum atomic E-state index is -0.717. The lowest BCUT2D eigenvalue weighted by molar-refractivity contribution is 0.0122. The summed E-state index contributed by atoms with van der Waals surface area (Å²) >= 11 is 0. The predicted octanol–water partition coefficient (Wildman–Crippen LogP) is 2.76. The molecule has 0 aliphatic carbocycles. The first-order chi connectivity index (χ1) is 9.31. The number of hydrogen-bond acceptors (Lipinski definition) is 4. The molecule has 0 spiro atoms. The SMILES string of the molecule is COc1ccc(C(C)NCC(C)(O)C(C)C)cc1OC. The maximum absolute atomic E-state index is 10.3. The van der Waals surface area contributed by atoms with Crippen LogP contribution in [-0.2, 0) is 0 Å². The van der Waals surface area contributed by atoms with Crippen LogP contribution in [0.3, 0.4) is 0 Å². The summed E-state index contributed by atoms with van der Waals surface area (Å²) in [4.78, 5) is 0. The van der Waals surface area contributed by atoms with Crippen LogP contribution in [0, 0.1) is 5.92 Å². The topological polar surface area (TPSA) is 50.7 Å². The summed E-state index contributed by atoms with van der Waals surface area (Å²) in [5.41, 5.74) is 0.382. The van der Waals surface area contributed by atoms with Gasteiger partial charge in [-0.2, -0.15) is 0 Å². The Balaban J connectivity index is 2.75. The summed E-state index contributed by atoms with van der Waals surface area (Å²) in [5.74, 6) is 1.64. The van der Waals surface area contributed by atoms with E-state index in [0.29, 0.717) is 12.3 Å². The lowest BCUT2D eigenvalue weighted by atomic mass is 9.92. The van der Waals surface area contributed by atoms with Crippen LogP contribution in [0.15, 0.2) is 18.2 Å². The standard InChI is InChI=1S/C16H27NO3/c1-11(2)16(4,18)10-17-12(3)13-7-8-14(19-5)15(9-13)20-6/h7-9,11-12,17-18H,10H2,1-6H3. The largest absolute Gasteiger partial charge is 0.493 e. The zero-order chi connectivity index (χ0) is 15.3. The van der Waals surface area contributed by atoms with Gasteiger partial charge in [0, 0.05) is 12.6 Å². The van der Waals surface area contributed by atoms with Gasteiger partial charge in [-0.15, -0.1) is 0 Å². The van der Waals surface area contributed by atoms with Crippen molar-refractivity contribution in [3.05, 3.63) is 23.8 Å². The first-order valence-electron chi connectivity index (χ1n) is 6.99. The minimum absolute atomic E-state index is 0.125. The van der Waals surface area contributed by atoms with E-state index in [1.165, 1.54) is 0 Å². The molecule has 1 rings (SSSR count). The van der Waals surface area contributed by atoms with Crippen molar-refractivity contribution in [3.8, 4) is 11.5 Å². The highest BCUT2D eigenvalue weighted by atomic mass is 16.5. The van der Waals surface area contributed by atoms with Gasteiger partial charge in [-0.3, -0.25) is 0 Å². The van der Waals surface area contributed by atoms with Gasteiger partial charge >= 0.3 is 0 Å². The summed E-state index contributed by atoms with van der Waals surface area (Å²) in [6, 6.07) is 5.98. The Morgan fingerprint density at radius 3 is 2.25 bits per heavy atom. The summed E-state index contributed by atoms with van der Waals surface area (Å²) in [6.45, 7) is 8.50. The van der Waals surface area contributed by atoms with E-state index in [1.807, 2.05) is 39.0 Å². The number of aliphatic hydroxyl groups is 1. The maximum atomic E-state index is 10.3. The highest BCUT2D eigenvalue weighted by Crippen LogP contribution is 2.30. The Bertz CT molecular complexity index is 430. The Hall–Kier alpha value is -1.26. The molecule has 2 unspecified atom stereocenters. The zero-order valence-corrected chi connectivity index (χ0v) is 13.4. The molecule has 1 aromatic rings. The summed E-state index contributed by atoms with van der Waals surface area (Å²) in [7, 11) is 3.25. The normalized spacial score (nSPS) is 15.8. The van der Waals surface area contributed by atoms with Crippen LogP contribution in [-0.4, -0.2) is 31.5 Å². The van der Waals surface area contributed by atoms with E-state index in [2.05, 4.69) is 12.2 Å². The van der Waals surface area contributed by atoms with E-state index in [9.17, 15) is 5.11 Å². The second-order valence-electron chi connectivity index (χ2n) is 5.73. The molecule has 0 radical (unpaired) electrons. The molecule has 0 aromatic heterocycles. The van der Waals surface area contributed by atoms with Crippen LogP contribution in [0.5, 0.6) is 11.5 Å². The second-order valence-corrected chi connectivity index (χ2v) is 5.73. The van der Waals surface area contributed by atoms with E-state index in [0.717, 1.165) is 11.3 Å².